The Morgan fingerprint density at radius 1 is 1.24 bits per heavy atom. The van der Waals surface area contributed by atoms with Crippen molar-refractivity contribution in [2.24, 2.45) is 0 Å². The third-order valence-corrected chi connectivity index (χ3v) is 1.71. The standard InChI is InChI=1S/C7H4N2O7.Na.H/c10-6-4(7(11)12)1-3(8(13)14)2-5(6)9(15)16;;/h1-2,10H,(H,11,12);;/q;+1;-1. The van der Waals surface area contributed by atoms with E-state index in [0.29, 0.717) is 12.1 Å². The number of carbonyl (C=O) groups is 1. The van der Waals surface area contributed by atoms with Crippen molar-refractivity contribution in [3.05, 3.63) is 37.9 Å². The van der Waals surface area contributed by atoms with Crippen LogP contribution in [-0.4, -0.2) is 26.0 Å². The van der Waals surface area contributed by atoms with E-state index in [4.69, 9.17) is 5.11 Å². The van der Waals surface area contributed by atoms with Gasteiger partial charge in [0, 0.05) is 6.07 Å². The normalized spacial score (nSPS) is 9.18. The molecule has 86 valence electrons. The van der Waals surface area contributed by atoms with E-state index in [1.165, 1.54) is 0 Å². The Bertz CT molecular complexity index is 472. The number of non-ortho nitro benzene ring substituents is 1. The van der Waals surface area contributed by atoms with Crippen LogP contribution in [0.1, 0.15) is 11.8 Å². The first-order valence-corrected chi connectivity index (χ1v) is 3.73. The van der Waals surface area contributed by atoms with Gasteiger partial charge in [-0.15, -0.1) is 0 Å². The molecule has 1 aromatic carbocycles. The molecular weight excluding hydrogens is 247 g/mol. The third-order valence-electron chi connectivity index (χ3n) is 1.71. The predicted octanol–water partition coefficient (Wildman–Crippen LogP) is -1.98. The fraction of sp³-hybridized carbons (Fsp3) is 0. The Morgan fingerprint density at radius 2 is 1.76 bits per heavy atom. The number of nitrogens with zero attached hydrogens (tertiary/aromatic N) is 2. The molecule has 0 aliphatic heterocycles. The minimum absolute atomic E-state index is 0. The molecule has 0 atom stereocenters. The molecule has 0 unspecified atom stereocenters. The van der Waals surface area contributed by atoms with Gasteiger partial charge >= 0.3 is 41.2 Å². The first kappa shape index (κ1) is 15.3. The molecule has 0 heterocycles. The minimum atomic E-state index is -1.69. The maximum Gasteiger partial charge on any atom is 1.00 e. The molecule has 17 heavy (non-hydrogen) atoms. The van der Waals surface area contributed by atoms with Gasteiger partial charge in [0.15, 0.2) is 0 Å². The van der Waals surface area contributed by atoms with Crippen LogP contribution >= 0.6 is 0 Å². The number of hydrogen-bond donors (Lipinski definition) is 2. The van der Waals surface area contributed by atoms with Crippen molar-refractivity contribution >= 4 is 17.3 Å². The number of aromatic hydroxyl groups is 1. The summed E-state index contributed by atoms with van der Waals surface area (Å²) in [5, 5.41) is 38.5. The van der Waals surface area contributed by atoms with Gasteiger partial charge in [0.25, 0.3) is 5.69 Å². The third kappa shape index (κ3) is 3.12. The first-order valence-electron chi connectivity index (χ1n) is 3.73. The van der Waals surface area contributed by atoms with Crippen LogP contribution in [0.4, 0.5) is 11.4 Å². The predicted molar refractivity (Wildman–Crippen MR) is 49.5 cm³/mol. The van der Waals surface area contributed by atoms with Crippen molar-refractivity contribution in [2.45, 2.75) is 0 Å². The quantitative estimate of drug-likeness (QED) is 0.360. The van der Waals surface area contributed by atoms with Crippen LogP contribution < -0.4 is 29.6 Å². The van der Waals surface area contributed by atoms with Crippen molar-refractivity contribution in [2.75, 3.05) is 0 Å². The molecule has 1 aromatic rings. The number of hydrogen-bond acceptors (Lipinski definition) is 6. The smallest absolute Gasteiger partial charge is 1.00 e. The summed E-state index contributed by atoms with van der Waals surface area (Å²) < 4.78 is 0. The number of nitro benzene ring substituents is 2. The fourth-order valence-corrected chi connectivity index (χ4v) is 1.01. The van der Waals surface area contributed by atoms with Gasteiger partial charge in [-0.05, 0) is 0 Å². The van der Waals surface area contributed by atoms with Gasteiger partial charge in [-0.3, -0.25) is 20.2 Å². The van der Waals surface area contributed by atoms with Crippen LogP contribution in [-0.2, 0) is 0 Å². The monoisotopic (exact) mass is 252 g/mol. The van der Waals surface area contributed by atoms with E-state index in [1.54, 1.807) is 0 Å². The van der Waals surface area contributed by atoms with Crippen molar-refractivity contribution in [3.63, 3.8) is 0 Å². The molecular formula is C7H5N2NaO7. The van der Waals surface area contributed by atoms with Gasteiger partial charge in [0.1, 0.15) is 5.56 Å². The maximum absolute atomic E-state index is 10.6. The molecule has 0 saturated carbocycles. The molecule has 0 spiro atoms. The molecule has 0 amide bonds. The van der Waals surface area contributed by atoms with E-state index < -0.39 is 38.5 Å². The molecule has 9 nitrogen and oxygen atoms in total. The zero-order chi connectivity index (χ0) is 12.5. The molecule has 2 N–H and O–H groups in total. The van der Waals surface area contributed by atoms with E-state index in [-0.39, 0.29) is 31.0 Å². The number of carboxylic acids is 1. The first-order chi connectivity index (χ1) is 7.34. The van der Waals surface area contributed by atoms with Gasteiger partial charge in [0.05, 0.1) is 15.9 Å². The van der Waals surface area contributed by atoms with Crippen LogP contribution in [0.25, 0.3) is 0 Å². The largest absolute Gasteiger partial charge is 1.00 e. The van der Waals surface area contributed by atoms with E-state index in [1.807, 2.05) is 0 Å². The van der Waals surface area contributed by atoms with Crippen molar-refractivity contribution in [3.8, 4) is 5.75 Å². The van der Waals surface area contributed by atoms with Crippen LogP contribution in [0.3, 0.4) is 0 Å². The topological polar surface area (TPSA) is 144 Å². The van der Waals surface area contributed by atoms with Crippen molar-refractivity contribution in [1.29, 1.82) is 0 Å². The van der Waals surface area contributed by atoms with Gasteiger partial charge in [-0.2, -0.15) is 0 Å². The number of rotatable bonds is 3. The number of phenols is 1. The van der Waals surface area contributed by atoms with E-state index in [0.717, 1.165) is 0 Å². The van der Waals surface area contributed by atoms with Crippen LogP contribution in [0.2, 0.25) is 0 Å². The van der Waals surface area contributed by atoms with Crippen LogP contribution in [0, 0.1) is 20.2 Å². The molecule has 10 heteroatoms. The average molecular weight is 252 g/mol. The zero-order valence-corrected chi connectivity index (χ0v) is 10.5. The Hall–Kier alpha value is -1.71. The van der Waals surface area contributed by atoms with Crippen molar-refractivity contribution in [1.82, 2.24) is 0 Å². The number of benzene rings is 1. The summed E-state index contributed by atoms with van der Waals surface area (Å²) in [6.45, 7) is 0. The molecule has 1 rings (SSSR count). The Kier molecular flexibility index (Phi) is 5.01. The van der Waals surface area contributed by atoms with Gasteiger partial charge in [0.2, 0.25) is 5.75 Å². The Morgan fingerprint density at radius 3 is 2.12 bits per heavy atom. The summed E-state index contributed by atoms with van der Waals surface area (Å²) in [7, 11) is 0. The number of aromatic carboxylic acids is 1. The van der Waals surface area contributed by atoms with Crippen LogP contribution in [0.15, 0.2) is 12.1 Å². The number of carboxylic acid groups (broad SMARTS) is 1. The molecule has 0 aliphatic carbocycles. The molecule has 0 aliphatic rings. The van der Waals surface area contributed by atoms with Gasteiger partial charge in [-0.25, -0.2) is 4.79 Å². The summed E-state index contributed by atoms with van der Waals surface area (Å²) in [6, 6.07) is 1.03. The second-order valence-electron chi connectivity index (χ2n) is 2.68. The fourth-order valence-electron chi connectivity index (χ4n) is 1.01. The zero-order valence-electron chi connectivity index (χ0n) is 9.48. The molecule has 0 aromatic heterocycles. The summed E-state index contributed by atoms with van der Waals surface area (Å²) in [4.78, 5) is 29.2. The second kappa shape index (κ2) is 5.57. The Labute approximate surface area is 117 Å². The van der Waals surface area contributed by atoms with E-state index >= 15 is 0 Å². The summed E-state index contributed by atoms with van der Waals surface area (Å²) >= 11 is 0. The van der Waals surface area contributed by atoms with Gasteiger partial charge in [-0.1, -0.05) is 0 Å². The molecule has 0 bridgehead atoms. The molecule has 0 saturated heterocycles. The molecule has 0 fully saturated rings. The maximum atomic E-state index is 10.6. The summed E-state index contributed by atoms with van der Waals surface area (Å²) in [6.07, 6.45) is 0. The average Bonchev–Trinajstić information content (AvgIpc) is 2.16. The van der Waals surface area contributed by atoms with E-state index in [2.05, 4.69) is 0 Å². The number of nitro groups is 2. The minimum Gasteiger partial charge on any atom is -1.00 e. The summed E-state index contributed by atoms with van der Waals surface area (Å²) in [5.41, 5.74) is -2.69. The van der Waals surface area contributed by atoms with Crippen LogP contribution in [0.5, 0.6) is 5.75 Å². The van der Waals surface area contributed by atoms with Gasteiger partial charge < -0.3 is 11.6 Å². The summed E-state index contributed by atoms with van der Waals surface area (Å²) in [5.74, 6) is -2.80. The Balaban J connectivity index is 0. The second-order valence-corrected chi connectivity index (χ2v) is 2.68. The molecule has 0 radical (unpaired) electrons. The van der Waals surface area contributed by atoms with E-state index in [9.17, 15) is 30.1 Å². The SMILES string of the molecule is O=C(O)c1cc([N+](=O)[O-])cc([N+](=O)[O-])c1O.[H-].[Na+]. The van der Waals surface area contributed by atoms with Crippen molar-refractivity contribution < 1.29 is 55.8 Å².